The molecule has 87 valence electrons. The standard InChI is InChI=1S/C10H19O4.Y/c1-4-7-6(3)14-10(13-5-2)9(12)8(7)11;/h6-12H,3-5H2,1-2H3;/q-1;/t6?,7?,8?,9?,10-;/m1./s1. The van der Waals surface area contributed by atoms with Gasteiger partial charge in [-0.1, -0.05) is 19.4 Å². The van der Waals surface area contributed by atoms with E-state index in [-0.39, 0.29) is 44.7 Å². The quantitative estimate of drug-likeness (QED) is 0.736. The average molecular weight is 292 g/mol. The molecule has 0 spiro atoms. The van der Waals surface area contributed by atoms with Crippen molar-refractivity contribution in [2.24, 2.45) is 5.92 Å². The van der Waals surface area contributed by atoms with Gasteiger partial charge in [-0.05, 0) is 12.8 Å². The Morgan fingerprint density at radius 1 is 1.27 bits per heavy atom. The number of hydrogen-bond acceptors (Lipinski definition) is 4. The van der Waals surface area contributed by atoms with Crippen LogP contribution in [0.4, 0.5) is 0 Å². The van der Waals surface area contributed by atoms with Crippen LogP contribution in [-0.4, -0.2) is 41.4 Å². The van der Waals surface area contributed by atoms with Crippen LogP contribution in [0.3, 0.4) is 0 Å². The Balaban J connectivity index is 0.00000196. The first-order chi connectivity index (χ1) is 6.61. The molecule has 1 radical (unpaired) electrons. The van der Waals surface area contributed by atoms with E-state index >= 15 is 0 Å². The van der Waals surface area contributed by atoms with E-state index in [0.717, 1.165) is 6.42 Å². The first-order valence-electron chi connectivity index (χ1n) is 5.08. The molecule has 15 heavy (non-hydrogen) atoms. The maximum absolute atomic E-state index is 9.75. The minimum Gasteiger partial charge on any atom is -0.390 e. The summed E-state index contributed by atoms with van der Waals surface area (Å²) < 4.78 is 10.5. The Hall–Kier alpha value is 0.944. The number of aliphatic hydroxyl groups is 2. The Morgan fingerprint density at radius 2 is 1.87 bits per heavy atom. The maximum Gasteiger partial charge on any atom is 0.183 e. The van der Waals surface area contributed by atoms with E-state index in [1.54, 1.807) is 0 Å². The van der Waals surface area contributed by atoms with Crippen molar-refractivity contribution in [3.63, 3.8) is 0 Å². The minimum atomic E-state index is -0.974. The smallest absolute Gasteiger partial charge is 0.183 e. The van der Waals surface area contributed by atoms with Gasteiger partial charge < -0.3 is 26.6 Å². The molecule has 1 heterocycles. The Bertz CT molecular complexity index is 177. The number of ether oxygens (including phenoxy) is 2. The zero-order chi connectivity index (χ0) is 10.7. The first-order valence-corrected chi connectivity index (χ1v) is 5.08. The monoisotopic (exact) mass is 292 g/mol. The van der Waals surface area contributed by atoms with Crippen LogP contribution < -0.4 is 0 Å². The molecule has 5 atom stereocenters. The third-order valence-corrected chi connectivity index (χ3v) is 2.66. The Morgan fingerprint density at radius 3 is 2.33 bits per heavy atom. The SMILES string of the molecule is [CH2-]C1O[C@@H](OCC)C(O)C(O)C1CC.[Y]. The largest absolute Gasteiger partial charge is 0.390 e. The molecular formula is C10H19O4Y-. The van der Waals surface area contributed by atoms with Gasteiger partial charge in [-0.2, -0.15) is 0 Å². The average Bonchev–Trinajstić information content (AvgIpc) is 2.15. The first kappa shape index (κ1) is 15.9. The van der Waals surface area contributed by atoms with Gasteiger partial charge in [-0.3, -0.25) is 0 Å². The predicted octanol–water partition coefficient (Wildman–Crippen LogP) is 0.327. The molecular weight excluding hydrogens is 273 g/mol. The summed E-state index contributed by atoms with van der Waals surface area (Å²) in [6, 6.07) is 0. The van der Waals surface area contributed by atoms with Gasteiger partial charge in [0.05, 0.1) is 6.10 Å². The molecule has 1 fully saturated rings. The van der Waals surface area contributed by atoms with Crippen molar-refractivity contribution < 1.29 is 52.4 Å². The van der Waals surface area contributed by atoms with Gasteiger partial charge in [0.2, 0.25) is 0 Å². The zero-order valence-electron chi connectivity index (χ0n) is 9.30. The molecule has 4 nitrogen and oxygen atoms in total. The Labute approximate surface area is 116 Å². The maximum atomic E-state index is 9.75. The molecule has 0 saturated carbocycles. The van der Waals surface area contributed by atoms with Gasteiger partial charge in [-0.25, -0.2) is 0 Å². The van der Waals surface area contributed by atoms with Crippen LogP contribution in [0, 0.1) is 12.8 Å². The minimum absolute atomic E-state index is 0. The Kier molecular flexibility index (Phi) is 7.76. The molecule has 4 unspecified atom stereocenters. The van der Waals surface area contributed by atoms with E-state index < -0.39 is 18.5 Å². The fourth-order valence-electron chi connectivity index (χ4n) is 1.79. The molecule has 0 aromatic carbocycles. The summed E-state index contributed by atoms with van der Waals surface area (Å²) in [5, 5.41) is 19.4. The van der Waals surface area contributed by atoms with Gasteiger partial charge in [0.1, 0.15) is 6.10 Å². The normalized spacial score (nSPS) is 41.0. The molecule has 5 heteroatoms. The number of aliphatic hydroxyl groups excluding tert-OH is 2. The van der Waals surface area contributed by atoms with E-state index in [1.165, 1.54) is 0 Å². The third-order valence-electron chi connectivity index (χ3n) is 2.66. The van der Waals surface area contributed by atoms with E-state index in [9.17, 15) is 10.2 Å². The van der Waals surface area contributed by atoms with E-state index in [0.29, 0.717) is 6.61 Å². The zero-order valence-corrected chi connectivity index (χ0v) is 12.1. The summed E-state index contributed by atoms with van der Waals surface area (Å²) in [6.07, 6.45) is -2.13. The van der Waals surface area contributed by atoms with Gasteiger partial charge in [-0.15, -0.1) is 0 Å². The van der Waals surface area contributed by atoms with Crippen LogP contribution in [0.2, 0.25) is 0 Å². The van der Waals surface area contributed by atoms with Crippen molar-refractivity contribution >= 4 is 0 Å². The summed E-state index contributed by atoms with van der Waals surface area (Å²) in [7, 11) is 0. The van der Waals surface area contributed by atoms with Crippen molar-refractivity contribution in [3.05, 3.63) is 6.92 Å². The van der Waals surface area contributed by atoms with Crippen LogP contribution in [0.25, 0.3) is 0 Å². The molecule has 0 aliphatic carbocycles. The van der Waals surface area contributed by atoms with Crippen molar-refractivity contribution in [3.8, 4) is 0 Å². The number of rotatable bonds is 3. The third kappa shape index (κ3) is 3.72. The fourth-order valence-corrected chi connectivity index (χ4v) is 1.79. The topological polar surface area (TPSA) is 58.9 Å². The van der Waals surface area contributed by atoms with Crippen molar-refractivity contribution in [1.82, 2.24) is 0 Å². The van der Waals surface area contributed by atoms with Crippen molar-refractivity contribution in [2.45, 2.75) is 44.9 Å². The van der Waals surface area contributed by atoms with Crippen LogP contribution in [-0.2, 0) is 42.2 Å². The van der Waals surface area contributed by atoms with Crippen molar-refractivity contribution in [2.75, 3.05) is 6.61 Å². The molecule has 0 aromatic heterocycles. The summed E-state index contributed by atoms with van der Waals surface area (Å²) in [6.45, 7) is 7.98. The summed E-state index contributed by atoms with van der Waals surface area (Å²) in [5.41, 5.74) is 0. The van der Waals surface area contributed by atoms with Gasteiger partial charge in [0.25, 0.3) is 0 Å². The van der Waals surface area contributed by atoms with E-state index in [2.05, 4.69) is 6.92 Å². The van der Waals surface area contributed by atoms with Crippen LogP contribution >= 0.6 is 0 Å². The second kappa shape index (κ2) is 7.30. The van der Waals surface area contributed by atoms with Gasteiger partial charge in [0, 0.05) is 39.3 Å². The second-order valence-electron chi connectivity index (χ2n) is 3.55. The molecule has 2 N–H and O–H groups in total. The predicted molar refractivity (Wildman–Crippen MR) is 51.4 cm³/mol. The molecule has 0 aromatic rings. The summed E-state index contributed by atoms with van der Waals surface area (Å²) >= 11 is 0. The summed E-state index contributed by atoms with van der Waals surface area (Å²) in [5.74, 6) is -0.123. The molecule has 1 saturated heterocycles. The van der Waals surface area contributed by atoms with Crippen LogP contribution in [0.1, 0.15) is 20.3 Å². The number of hydrogen-bond donors (Lipinski definition) is 2. The molecule has 0 bridgehead atoms. The van der Waals surface area contributed by atoms with Gasteiger partial charge in [0.15, 0.2) is 6.29 Å². The molecule has 1 rings (SSSR count). The molecule has 0 amide bonds. The van der Waals surface area contributed by atoms with Crippen LogP contribution in [0.5, 0.6) is 0 Å². The fraction of sp³-hybridized carbons (Fsp3) is 0.900. The van der Waals surface area contributed by atoms with Gasteiger partial charge >= 0.3 is 0 Å². The van der Waals surface area contributed by atoms with Crippen LogP contribution in [0.15, 0.2) is 0 Å². The molecule has 1 aliphatic rings. The second-order valence-corrected chi connectivity index (χ2v) is 3.55. The van der Waals surface area contributed by atoms with Crippen molar-refractivity contribution in [1.29, 1.82) is 0 Å². The van der Waals surface area contributed by atoms with E-state index in [1.807, 2.05) is 13.8 Å². The summed E-state index contributed by atoms with van der Waals surface area (Å²) in [4.78, 5) is 0. The van der Waals surface area contributed by atoms with E-state index in [4.69, 9.17) is 9.47 Å². The molecule has 1 aliphatic heterocycles.